The van der Waals surface area contributed by atoms with E-state index in [0.29, 0.717) is 12.1 Å². The van der Waals surface area contributed by atoms with Crippen molar-refractivity contribution in [2.75, 3.05) is 0 Å². The van der Waals surface area contributed by atoms with E-state index in [4.69, 9.17) is 0 Å². The van der Waals surface area contributed by atoms with Crippen LogP contribution in [0.5, 0.6) is 5.75 Å². The molecule has 3 rings (SSSR count). The molecule has 0 bridgehead atoms. The molecule has 0 aliphatic rings. The first-order valence-corrected chi connectivity index (χ1v) is 7.50. The molecular formula is C19H19NO2. The van der Waals surface area contributed by atoms with Gasteiger partial charge in [-0.25, -0.2) is 0 Å². The molecular weight excluding hydrogens is 274 g/mol. The smallest absolute Gasteiger partial charge is 0.257 e. The van der Waals surface area contributed by atoms with E-state index >= 15 is 0 Å². The van der Waals surface area contributed by atoms with Gasteiger partial charge in [-0.05, 0) is 43.5 Å². The predicted octanol–water partition coefficient (Wildman–Crippen LogP) is 3.63. The minimum absolute atomic E-state index is 0.0935. The van der Waals surface area contributed by atoms with Gasteiger partial charge in [0.2, 0.25) is 0 Å². The minimum atomic E-state index is -0.121. The van der Waals surface area contributed by atoms with Crippen LogP contribution in [0.3, 0.4) is 0 Å². The van der Waals surface area contributed by atoms with Crippen LogP contribution in [0.4, 0.5) is 0 Å². The zero-order valence-corrected chi connectivity index (χ0v) is 12.8. The van der Waals surface area contributed by atoms with E-state index in [1.54, 1.807) is 11.5 Å². The number of nitrogens with zero attached hydrogens (tertiary/aromatic N) is 1. The highest BCUT2D eigenvalue weighted by molar-refractivity contribution is 5.87. The molecule has 112 valence electrons. The Labute approximate surface area is 129 Å². The number of fused-ring (bicyclic) bond motifs is 1. The number of aromatic hydroxyl groups is 1. The van der Waals surface area contributed by atoms with E-state index < -0.39 is 0 Å². The molecule has 0 aliphatic carbocycles. The van der Waals surface area contributed by atoms with Gasteiger partial charge in [-0.3, -0.25) is 4.79 Å². The SMILES string of the molecule is CCn1c(=O)c(C)c(O)c2ccc(Cc3ccccc3)cc21. The van der Waals surface area contributed by atoms with Crippen molar-refractivity contribution in [2.24, 2.45) is 0 Å². The summed E-state index contributed by atoms with van der Waals surface area (Å²) in [6, 6.07) is 16.1. The molecule has 22 heavy (non-hydrogen) atoms. The summed E-state index contributed by atoms with van der Waals surface area (Å²) in [6.07, 6.45) is 0.809. The average molecular weight is 293 g/mol. The molecule has 2 aromatic carbocycles. The van der Waals surface area contributed by atoms with Crippen molar-refractivity contribution < 1.29 is 5.11 Å². The van der Waals surface area contributed by atoms with Gasteiger partial charge in [-0.1, -0.05) is 36.4 Å². The molecule has 0 spiro atoms. The Kier molecular flexibility index (Phi) is 3.72. The number of benzene rings is 2. The summed E-state index contributed by atoms with van der Waals surface area (Å²) < 4.78 is 1.72. The van der Waals surface area contributed by atoms with Crippen molar-refractivity contribution in [1.82, 2.24) is 4.57 Å². The van der Waals surface area contributed by atoms with Crippen molar-refractivity contribution in [3.8, 4) is 5.75 Å². The van der Waals surface area contributed by atoms with Crippen molar-refractivity contribution in [1.29, 1.82) is 0 Å². The highest BCUT2D eigenvalue weighted by atomic mass is 16.3. The monoisotopic (exact) mass is 293 g/mol. The summed E-state index contributed by atoms with van der Waals surface area (Å²) in [5, 5.41) is 11.0. The van der Waals surface area contributed by atoms with Gasteiger partial charge in [0.25, 0.3) is 5.56 Å². The van der Waals surface area contributed by atoms with Crippen LogP contribution >= 0.6 is 0 Å². The number of aromatic nitrogens is 1. The minimum Gasteiger partial charge on any atom is -0.507 e. The van der Waals surface area contributed by atoms with Crippen LogP contribution in [0.1, 0.15) is 23.6 Å². The fourth-order valence-electron chi connectivity index (χ4n) is 2.87. The summed E-state index contributed by atoms with van der Waals surface area (Å²) in [7, 11) is 0. The maximum atomic E-state index is 12.3. The van der Waals surface area contributed by atoms with Crippen LogP contribution in [-0.4, -0.2) is 9.67 Å². The summed E-state index contributed by atoms with van der Waals surface area (Å²) >= 11 is 0. The number of aryl methyl sites for hydroxylation is 1. The second-order valence-corrected chi connectivity index (χ2v) is 5.54. The Morgan fingerprint density at radius 3 is 2.45 bits per heavy atom. The fraction of sp³-hybridized carbons (Fsp3) is 0.211. The molecule has 0 saturated heterocycles. The quantitative estimate of drug-likeness (QED) is 0.801. The third-order valence-corrected chi connectivity index (χ3v) is 4.10. The Morgan fingerprint density at radius 1 is 1.05 bits per heavy atom. The van der Waals surface area contributed by atoms with Crippen molar-refractivity contribution in [3.05, 3.63) is 75.6 Å². The van der Waals surface area contributed by atoms with Gasteiger partial charge in [0.1, 0.15) is 5.75 Å². The summed E-state index contributed by atoms with van der Waals surface area (Å²) in [4.78, 5) is 12.3. The topological polar surface area (TPSA) is 42.2 Å². The van der Waals surface area contributed by atoms with Gasteiger partial charge in [0.15, 0.2) is 0 Å². The van der Waals surface area contributed by atoms with Gasteiger partial charge in [0, 0.05) is 11.9 Å². The molecule has 1 N–H and O–H groups in total. The van der Waals surface area contributed by atoms with Gasteiger partial charge < -0.3 is 9.67 Å². The molecule has 0 radical (unpaired) electrons. The van der Waals surface area contributed by atoms with Gasteiger partial charge in [0.05, 0.1) is 11.1 Å². The first-order chi connectivity index (χ1) is 10.6. The molecule has 3 heteroatoms. The Hall–Kier alpha value is -2.55. The second kappa shape index (κ2) is 5.68. The van der Waals surface area contributed by atoms with Crippen LogP contribution in [-0.2, 0) is 13.0 Å². The lowest BCUT2D eigenvalue weighted by Gasteiger charge is -2.13. The lowest BCUT2D eigenvalue weighted by molar-refractivity contribution is 0.474. The Morgan fingerprint density at radius 2 is 1.77 bits per heavy atom. The lowest BCUT2D eigenvalue weighted by atomic mass is 10.0. The molecule has 0 unspecified atom stereocenters. The maximum Gasteiger partial charge on any atom is 0.257 e. The van der Waals surface area contributed by atoms with E-state index in [-0.39, 0.29) is 11.3 Å². The molecule has 0 aliphatic heterocycles. The van der Waals surface area contributed by atoms with E-state index in [1.807, 2.05) is 43.3 Å². The molecule has 0 saturated carbocycles. The average Bonchev–Trinajstić information content (AvgIpc) is 2.54. The van der Waals surface area contributed by atoms with Crippen molar-refractivity contribution >= 4 is 10.9 Å². The van der Waals surface area contributed by atoms with Crippen LogP contribution in [0.2, 0.25) is 0 Å². The zero-order chi connectivity index (χ0) is 15.7. The zero-order valence-electron chi connectivity index (χ0n) is 12.8. The highest BCUT2D eigenvalue weighted by Gasteiger charge is 2.12. The van der Waals surface area contributed by atoms with Crippen LogP contribution in [0.15, 0.2) is 53.3 Å². The van der Waals surface area contributed by atoms with E-state index in [0.717, 1.165) is 22.9 Å². The standard InChI is InChI=1S/C19H19NO2/c1-3-20-17-12-15(11-14-7-5-4-6-8-14)9-10-16(17)18(21)13(2)19(20)22/h4-10,12,21H,3,11H2,1-2H3. The molecule has 0 fully saturated rings. The molecule has 0 amide bonds. The maximum absolute atomic E-state index is 12.3. The summed E-state index contributed by atoms with van der Waals surface area (Å²) in [5.74, 6) is 0.0935. The van der Waals surface area contributed by atoms with Crippen LogP contribution in [0, 0.1) is 6.92 Å². The predicted molar refractivity (Wildman–Crippen MR) is 89.5 cm³/mol. The fourth-order valence-corrected chi connectivity index (χ4v) is 2.87. The highest BCUT2D eigenvalue weighted by Crippen LogP contribution is 2.27. The summed E-state index contributed by atoms with van der Waals surface area (Å²) in [6.45, 7) is 4.20. The van der Waals surface area contributed by atoms with Crippen molar-refractivity contribution in [3.63, 3.8) is 0 Å². The van der Waals surface area contributed by atoms with Gasteiger partial charge in [-0.15, -0.1) is 0 Å². The number of pyridine rings is 1. The molecule has 1 heterocycles. The van der Waals surface area contributed by atoms with Crippen LogP contribution < -0.4 is 5.56 Å². The van der Waals surface area contributed by atoms with Gasteiger partial charge in [-0.2, -0.15) is 0 Å². The largest absolute Gasteiger partial charge is 0.507 e. The molecule has 0 atom stereocenters. The Bertz CT molecular complexity index is 879. The molecule has 3 aromatic rings. The van der Waals surface area contributed by atoms with Crippen molar-refractivity contribution in [2.45, 2.75) is 26.8 Å². The third-order valence-electron chi connectivity index (χ3n) is 4.10. The first-order valence-electron chi connectivity index (χ1n) is 7.50. The third kappa shape index (κ3) is 2.39. The second-order valence-electron chi connectivity index (χ2n) is 5.54. The van der Waals surface area contributed by atoms with Gasteiger partial charge >= 0.3 is 0 Å². The normalized spacial score (nSPS) is 11.0. The Balaban J connectivity index is 2.17. The van der Waals surface area contributed by atoms with E-state index in [2.05, 4.69) is 12.1 Å². The first kappa shape index (κ1) is 14.4. The number of hydrogen-bond acceptors (Lipinski definition) is 2. The number of hydrogen-bond donors (Lipinski definition) is 1. The lowest BCUT2D eigenvalue weighted by Crippen LogP contribution is -2.22. The molecule has 3 nitrogen and oxygen atoms in total. The van der Waals surface area contributed by atoms with E-state index in [9.17, 15) is 9.90 Å². The molecule has 1 aromatic heterocycles. The summed E-state index contributed by atoms with van der Waals surface area (Å²) in [5.41, 5.74) is 3.44. The van der Waals surface area contributed by atoms with E-state index in [1.165, 1.54) is 5.56 Å². The number of rotatable bonds is 3. The van der Waals surface area contributed by atoms with Crippen LogP contribution in [0.25, 0.3) is 10.9 Å².